The van der Waals surface area contributed by atoms with E-state index >= 15 is 0 Å². The van der Waals surface area contributed by atoms with Gasteiger partial charge in [-0.2, -0.15) is 0 Å². The van der Waals surface area contributed by atoms with Gasteiger partial charge in [-0.3, -0.25) is 19.3 Å². The van der Waals surface area contributed by atoms with Gasteiger partial charge in [0.25, 0.3) is 5.91 Å². The number of aliphatic hydroxyl groups is 3. The Morgan fingerprint density at radius 1 is 1.05 bits per heavy atom. The Morgan fingerprint density at radius 2 is 1.71 bits per heavy atom. The topological polar surface area (TPSA) is 161 Å². The number of phenolic OH excluding ortho intramolecular Hbond substituents is 1. The number of rotatable bonds is 3. The first-order valence-corrected chi connectivity index (χ1v) is 12.4. The molecule has 9 nitrogen and oxygen atoms in total. The Bertz CT molecular complexity index is 1500. The highest BCUT2D eigenvalue weighted by Crippen LogP contribution is 2.53. The van der Waals surface area contributed by atoms with Crippen molar-refractivity contribution in [2.45, 2.75) is 38.3 Å². The van der Waals surface area contributed by atoms with E-state index in [1.54, 1.807) is 20.2 Å². The van der Waals surface area contributed by atoms with Gasteiger partial charge >= 0.3 is 0 Å². The van der Waals surface area contributed by atoms with Gasteiger partial charge < -0.3 is 26.2 Å². The zero-order valence-corrected chi connectivity index (χ0v) is 21.6. The molecule has 3 aliphatic carbocycles. The largest absolute Gasteiger partial charge is 0.508 e. The quantitative estimate of drug-likeness (QED) is 0.387. The van der Waals surface area contributed by atoms with Crippen LogP contribution in [0.5, 0.6) is 5.75 Å². The number of aromatic hydroxyl groups is 1. The van der Waals surface area contributed by atoms with E-state index in [0.29, 0.717) is 5.56 Å². The number of nitrogens with two attached hydrogens (primary N) is 1. The molecule has 3 aliphatic rings. The van der Waals surface area contributed by atoms with E-state index in [2.05, 4.69) is 0 Å². The average molecular weight is 519 g/mol. The van der Waals surface area contributed by atoms with Crippen molar-refractivity contribution in [1.82, 2.24) is 4.90 Å². The summed E-state index contributed by atoms with van der Waals surface area (Å²) >= 11 is 0. The van der Waals surface area contributed by atoms with Crippen molar-refractivity contribution in [2.24, 2.45) is 17.6 Å². The fraction of sp³-hybridized carbons (Fsp3) is 0.345. The molecule has 0 radical (unpaired) electrons. The van der Waals surface area contributed by atoms with E-state index in [0.717, 1.165) is 22.3 Å². The number of amides is 1. The first kappa shape index (κ1) is 25.7. The molecule has 1 amide bonds. The standard InChI is InChI=1S/C29H30N2O7/c1-12-5-6-15(13(2)9-12)16-7-8-19(32)21-17(16)10-14-11-18-23(31(3)4)25(34)22(28(30)37)27(36)29(18,38)26(35)20(14)24(21)33/h5-9,14,18,23,32-33,36,38H,10-11H2,1-4H3,(H2,30,37)/t14-,18-,23-,29-/m0/s1. The molecule has 2 aromatic rings. The van der Waals surface area contributed by atoms with E-state index in [1.807, 2.05) is 32.0 Å². The lowest BCUT2D eigenvalue weighted by Crippen LogP contribution is -2.65. The summed E-state index contributed by atoms with van der Waals surface area (Å²) in [4.78, 5) is 40.7. The fourth-order valence-corrected chi connectivity index (χ4v) is 6.61. The third kappa shape index (κ3) is 3.35. The molecule has 1 saturated carbocycles. The van der Waals surface area contributed by atoms with Crippen LogP contribution in [0.3, 0.4) is 0 Å². The molecule has 9 heteroatoms. The molecule has 0 saturated heterocycles. The molecule has 0 unspecified atom stereocenters. The molecule has 5 rings (SSSR count). The molecule has 38 heavy (non-hydrogen) atoms. The molecular weight excluding hydrogens is 488 g/mol. The summed E-state index contributed by atoms with van der Waals surface area (Å²) in [6.45, 7) is 3.95. The maximum Gasteiger partial charge on any atom is 0.255 e. The lowest BCUT2D eigenvalue weighted by atomic mass is 9.57. The van der Waals surface area contributed by atoms with Gasteiger partial charge in [0.05, 0.1) is 11.6 Å². The van der Waals surface area contributed by atoms with Gasteiger partial charge in [0.15, 0.2) is 11.4 Å². The second-order valence-electron chi connectivity index (χ2n) is 10.8. The van der Waals surface area contributed by atoms with E-state index in [4.69, 9.17) is 5.73 Å². The summed E-state index contributed by atoms with van der Waals surface area (Å²) in [6, 6.07) is 8.06. The van der Waals surface area contributed by atoms with Crippen LogP contribution in [0.1, 0.15) is 28.7 Å². The van der Waals surface area contributed by atoms with Crippen molar-refractivity contribution >= 4 is 23.2 Å². The smallest absolute Gasteiger partial charge is 0.255 e. The number of aryl methyl sites for hydroxylation is 2. The van der Waals surface area contributed by atoms with Crippen LogP contribution < -0.4 is 5.73 Å². The van der Waals surface area contributed by atoms with Crippen LogP contribution in [0.25, 0.3) is 16.9 Å². The number of aliphatic hydroxyl groups excluding tert-OH is 2. The third-order valence-electron chi connectivity index (χ3n) is 8.28. The number of Topliss-reactive ketones (excluding diaryl/α,β-unsaturated/α-hetero) is 2. The van der Waals surface area contributed by atoms with Crippen LogP contribution in [-0.2, 0) is 20.8 Å². The van der Waals surface area contributed by atoms with Crippen molar-refractivity contribution < 1.29 is 34.8 Å². The van der Waals surface area contributed by atoms with E-state index in [1.165, 1.54) is 11.0 Å². The van der Waals surface area contributed by atoms with Gasteiger partial charge in [-0.1, -0.05) is 29.8 Å². The number of carbonyl (C=O) groups is 3. The minimum atomic E-state index is -2.65. The number of hydrogen-bond donors (Lipinski definition) is 5. The number of nitrogens with zero attached hydrogens (tertiary/aromatic N) is 1. The molecule has 2 aromatic carbocycles. The molecule has 1 fully saturated rings. The van der Waals surface area contributed by atoms with Gasteiger partial charge in [0, 0.05) is 11.5 Å². The molecule has 0 heterocycles. The second-order valence-corrected chi connectivity index (χ2v) is 10.8. The second kappa shape index (κ2) is 8.54. The molecule has 0 aliphatic heterocycles. The van der Waals surface area contributed by atoms with Gasteiger partial charge in [-0.25, -0.2) is 0 Å². The molecule has 0 spiro atoms. The maximum atomic E-state index is 13.9. The number of hydrogen-bond acceptors (Lipinski definition) is 8. The Hall–Kier alpha value is -3.95. The Balaban J connectivity index is 1.75. The maximum absolute atomic E-state index is 13.9. The SMILES string of the molecule is Cc1ccc(-c2ccc(O)c3c2C[C@H]2C[C@H]4[C@H](N(C)C)C(=O)C(C(N)=O)=C(O)[C@@]4(O)C(=O)C2=C3O)c(C)c1. The average Bonchev–Trinajstić information content (AvgIpc) is 2.81. The van der Waals surface area contributed by atoms with E-state index in [9.17, 15) is 34.8 Å². The van der Waals surface area contributed by atoms with Gasteiger partial charge in [0.2, 0.25) is 5.78 Å². The number of primary amides is 1. The fourth-order valence-electron chi connectivity index (χ4n) is 6.61. The molecule has 0 aromatic heterocycles. The lowest BCUT2D eigenvalue weighted by Gasteiger charge is -2.50. The highest BCUT2D eigenvalue weighted by molar-refractivity contribution is 6.24. The minimum Gasteiger partial charge on any atom is -0.508 e. The summed E-state index contributed by atoms with van der Waals surface area (Å²) in [5.74, 6) is -6.61. The Labute approximate surface area is 219 Å². The zero-order valence-electron chi connectivity index (χ0n) is 21.6. The van der Waals surface area contributed by atoms with Crippen LogP contribution in [0.15, 0.2) is 47.2 Å². The summed E-state index contributed by atoms with van der Waals surface area (Å²) in [5, 5.41) is 44.8. The third-order valence-corrected chi connectivity index (χ3v) is 8.28. The number of benzene rings is 2. The number of fused-ring (bicyclic) bond motifs is 3. The van der Waals surface area contributed by atoms with Gasteiger partial charge in [0.1, 0.15) is 22.8 Å². The molecule has 0 bridgehead atoms. The summed E-state index contributed by atoms with van der Waals surface area (Å²) in [5.41, 5.74) is 6.23. The number of ketones is 2. The summed E-state index contributed by atoms with van der Waals surface area (Å²) in [7, 11) is 3.15. The normalized spacial score (nSPS) is 26.8. The number of carbonyl (C=O) groups excluding carboxylic acids is 3. The molecule has 6 N–H and O–H groups in total. The monoisotopic (exact) mass is 518 g/mol. The van der Waals surface area contributed by atoms with Gasteiger partial charge in [-0.05, 0) is 75.0 Å². The van der Waals surface area contributed by atoms with E-state index < -0.39 is 58.0 Å². The predicted molar refractivity (Wildman–Crippen MR) is 139 cm³/mol. The highest BCUT2D eigenvalue weighted by atomic mass is 16.3. The van der Waals surface area contributed by atoms with Crippen molar-refractivity contribution in [2.75, 3.05) is 14.1 Å². The minimum absolute atomic E-state index is 0.0493. The van der Waals surface area contributed by atoms with E-state index in [-0.39, 0.29) is 29.7 Å². The first-order valence-electron chi connectivity index (χ1n) is 12.4. The van der Waals surface area contributed by atoms with Crippen LogP contribution in [0.4, 0.5) is 0 Å². The van der Waals surface area contributed by atoms with Crippen LogP contribution in [0.2, 0.25) is 0 Å². The van der Waals surface area contributed by atoms with Gasteiger partial charge in [-0.15, -0.1) is 0 Å². The first-order chi connectivity index (χ1) is 17.8. The van der Waals surface area contributed by atoms with Crippen LogP contribution in [0, 0.1) is 25.7 Å². The van der Waals surface area contributed by atoms with Crippen molar-refractivity contribution in [3.05, 3.63) is 69.5 Å². The lowest BCUT2D eigenvalue weighted by molar-refractivity contribution is -0.153. The summed E-state index contributed by atoms with van der Waals surface area (Å²) in [6.07, 6.45) is 0.291. The summed E-state index contributed by atoms with van der Waals surface area (Å²) < 4.78 is 0. The van der Waals surface area contributed by atoms with Crippen LogP contribution >= 0.6 is 0 Å². The molecule has 4 atom stereocenters. The van der Waals surface area contributed by atoms with Crippen molar-refractivity contribution in [1.29, 1.82) is 0 Å². The highest BCUT2D eigenvalue weighted by Gasteiger charge is 2.64. The number of likely N-dealkylation sites (N-methyl/N-ethyl adjacent to an activating group) is 1. The Kier molecular flexibility index (Phi) is 5.77. The Morgan fingerprint density at radius 3 is 2.32 bits per heavy atom. The predicted octanol–water partition coefficient (Wildman–Crippen LogP) is 2.25. The number of phenols is 1. The van der Waals surface area contributed by atoms with Crippen molar-refractivity contribution in [3.63, 3.8) is 0 Å². The van der Waals surface area contributed by atoms with Crippen LogP contribution in [-0.4, -0.2) is 68.5 Å². The van der Waals surface area contributed by atoms with Crippen molar-refractivity contribution in [3.8, 4) is 16.9 Å². The molecule has 198 valence electrons. The zero-order chi connectivity index (χ0) is 27.8. The molecular formula is C29H30N2O7.